The molecule has 34 heavy (non-hydrogen) atoms. The zero-order valence-corrected chi connectivity index (χ0v) is 20.5. The summed E-state index contributed by atoms with van der Waals surface area (Å²) in [6.07, 6.45) is 1.82. The lowest BCUT2D eigenvalue weighted by atomic mass is 9.96. The van der Waals surface area contributed by atoms with Gasteiger partial charge in [-0.15, -0.1) is 0 Å². The van der Waals surface area contributed by atoms with E-state index in [9.17, 15) is 4.39 Å². The van der Waals surface area contributed by atoms with Gasteiger partial charge in [-0.3, -0.25) is 4.98 Å². The van der Waals surface area contributed by atoms with Crippen molar-refractivity contribution >= 4 is 23.0 Å². The van der Waals surface area contributed by atoms with E-state index < -0.39 is 0 Å². The van der Waals surface area contributed by atoms with E-state index in [1.54, 1.807) is 0 Å². The second-order valence-electron chi connectivity index (χ2n) is 8.90. The third-order valence-electron chi connectivity index (χ3n) is 6.74. The van der Waals surface area contributed by atoms with Crippen molar-refractivity contribution in [1.82, 2.24) is 14.9 Å². The molecule has 2 atom stereocenters. The number of nitrogens with one attached hydrogen (secondary N) is 1. The topological polar surface area (TPSA) is 33.1 Å². The van der Waals surface area contributed by atoms with Crippen LogP contribution in [-0.4, -0.2) is 14.7 Å². The number of benzene rings is 2. The van der Waals surface area contributed by atoms with Crippen molar-refractivity contribution in [2.45, 2.75) is 39.8 Å². The average molecular weight is 471 g/mol. The number of halogens is 1. The Morgan fingerprint density at radius 1 is 0.882 bits per heavy atom. The molecule has 6 heteroatoms. The number of aromatic nitrogens is 2. The molecule has 0 spiro atoms. The molecule has 0 unspecified atom stereocenters. The van der Waals surface area contributed by atoms with Crippen LogP contribution in [0.4, 0.5) is 10.1 Å². The molecule has 1 aliphatic heterocycles. The van der Waals surface area contributed by atoms with Crippen molar-refractivity contribution in [1.29, 1.82) is 0 Å². The third kappa shape index (κ3) is 3.78. The van der Waals surface area contributed by atoms with Gasteiger partial charge in [-0.1, -0.05) is 12.1 Å². The van der Waals surface area contributed by atoms with Crippen LogP contribution in [0.3, 0.4) is 0 Å². The Kier molecular flexibility index (Phi) is 5.70. The number of hydrogen-bond donors (Lipinski definition) is 1. The van der Waals surface area contributed by atoms with Crippen LogP contribution >= 0.6 is 12.2 Å². The summed E-state index contributed by atoms with van der Waals surface area (Å²) < 4.78 is 15.8. The monoisotopic (exact) mass is 470 g/mol. The molecule has 3 heterocycles. The standard InChI is InChI=1S/C28H27FN4S/c1-17-8-11-23(15-18(17)2)33-27(26(31-28(33)34)25-7-5-6-14-30-25)24-16-19(3)32(20(24)4)22-12-9-21(29)10-13-22/h5-16,26-27H,1-4H3,(H,31,34)/t26-,27-/m1/s1. The van der Waals surface area contributed by atoms with Gasteiger partial charge in [-0.2, -0.15) is 0 Å². The van der Waals surface area contributed by atoms with E-state index in [1.165, 1.54) is 23.3 Å². The largest absolute Gasteiger partial charge is 0.351 e. The van der Waals surface area contributed by atoms with Gasteiger partial charge in [0.05, 0.1) is 17.8 Å². The molecule has 4 nitrogen and oxygen atoms in total. The average Bonchev–Trinajstić information content (AvgIpc) is 3.32. The highest BCUT2D eigenvalue weighted by Crippen LogP contribution is 2.44. The molecule has 1 fully saturated rings. The smallest absolute Gasteiger partial charge is 0.174 e. The van der Waals surface area contributed by atoms with Gasteiger partial charge in [0.15, 0.2) is 5.11 Å². The molecule has 4 aromatic rings. The van der Waals surface area contributed by atoms with Gasteiger partial charge in [-0.25, -0.2) is 4.39 Å². The molecule has 0 aliphatic carbocycles. The SMILES string of the molecule is Cc1ccc(N2C(=S)N[C@H](c3ccccn3)[C@H]2c2cc(C)n(-c3ccc(F)cc3)c2C)cc1C. The fraction of sp³-hybridized carbons (Fsp3) is 0.214. The molecule has 5 rings (SSSR count). The molecule has 0 amide bonds. The fourth-order valence-corrected chi connectivity index (χ4v) is 5.24. The Morgan fingerprint density at radius 3 is 2.29 bits per heavy atom. The highest BCUT2D eigenvalue weighted by Gasteiger charge is 2.42. The summed E-state index contributed by atoms with van der Waals surface area (Å²) in [6, 6.07) is 21.1. The van der Waals surface area contributed by atoms with E-state index in [1.807, 2.05) is 36.5 Å². The van der Waals surface area contributed by atoms with Gasteiger partial charge >= 0.3 is 0 Å². The minimum atomic E-state index is -0.243. The third-order valence-corrected chi connectivity index (χ3v) is 7.06. The molecule has 2 aromatic carbocycles. The maximum absolute atomic E-state index is 13.6. The first kappa shape index (κ1) is 22.3. The summed E-state index contributed by atoms with van der Waals surface area (Å²) >= 11 is 5.88. The van der Waals surface area contributed by atoms with Crippen LogP contribution in [0.2, 0.25) is 0 Å². The molecule has 172 valence electrons. The summed E-state index contributed by atoms with van der Waals surface area (Å²) in [5.41, 5.74) is 8.72. The van der Waals surface area contributed by atoms with Gasteiger partial charge in [0, 0.05) is 29.0 Å². The Balaban J connectivity index is 1.68. The number of aryl methyl sites for hydroxylation is 3. The normalized spacial score (nSPS) is 17.8. The summed E-state index contributed by atoms with van der Waals surface area (Å²) in [5.74, 6) is -0.243. The van der Waals surface area contributed by atoms with Crippen molar-refractivity contribution in [3.63, 3.8) is 0 Å². The van der Waals surface area contributed by atoms with Gasteiger partial charge in [0.2, 0.25) is 0 Å². The predicted octanol–water partition coefficient (Wildman–Crippen LogP) is 6.42. The lowest BCUT2D eigenvalue weighted by Gasteiger charge is -2.28. The quantitative estimate of drug-likeness (QED) is 0.349. The highest BCUT2D eigenvalue weighted by molar-refractivity contribution is 7.80. The van der Waals surface area contributed by atoms with E-state index in [-0.39, 0.29) is 17.9 Å². The fourth-order valence-electron chi connectivity index (χ4n) is 4.90. The zero-order valence-electron chi connectivity index (χ0n) is 19.7. The predicted molar refractivity (Wildman–Crippen MR) is 139 cm³/mol. The number of anilines is 1. The zero-order chi connectivity index (χ0) is 24.0. The first-order valence-electron chi connectivity index (χ1n) is 11.4. The lowest BCUT2D eigenvalue weighted by molar-refractivity contribution is 0.565. The van der Waals surface area contributed by atoms with Crippen LogP contribution < -0.4 is 10.2 Å². The number of hydrogen-bond acceptors (Lipinski definition) is 2. The number of pyridine rings is 1. The van der Waals surface area contributed by atoms with E-state index in [4.69, 9.17) is 12.2 Å². The summed E-state index contributed by atoms with van der Waals surface area (Å²) in [5, 5.41) is 4.22. The molecule has 1 saturated heterocycles. The molecule has 0 bridgehead atoms. The van der Waals surface area contributed by atoms with Crippen molar-refractivity contribution < 1.29 is 4.39 Å². The summed E-state index contributed by atoms with van der Waals surface area (Å²) in [7, 11) is 0. The first-order chi connectivity index (χ1) is 16.3. The van der Waals surface area contributed by atoms with Crippen molar-refractivity contribution in [3.05, 3.63) is 113 Å². The summed E-state index contributed by atoms with van der Waals surface area (Å²) in [6.45, 7) is 8.43. The van der Waals surface area contributed by atoms with E-state index in [0.717, 1.165) is 34.0 Å². The van der Waals surface area contributed by atoms with Crippen LogP contribution in [0.5, 0.6) is 0 Å². The second kappa shape index (κ2) is 8.69. The second-order valence-corrected chi connectivity index (χ2v) is 9.29. The molecule has 2 aromatic heterocycles. The Bertz CT molecular complexity index is 1360. The molecule has 1 N–H and O–H groups in total. The Hall–Kier alpha value is -3.51. The van der Waals surface area contributed by atoms with Gasteiger partial charge in [0.1, 0.15) is 5.82 Å². The Labute approximate surface area is 205 Å². The van der Waals surface area contributed by atoms with Crippen LogP contribution in [0.15, 0.2) is 72.9 Å². The van der Waals surface area contributed by atoms with Gasteiger partial charge in [0.25, 0.3) is 0 Å². The van der Waals surface area contributed by atoms with E-state index in [2.05, 4.69) is 71.7 Å². The molecule has 1 aliphatic rings. The Morgan fingerprint density at radius 2 is 1.62 bits per heavy atom. The maximum Gasteiger partial charge on any atom is 0.174 e. The van der Waals surface area contributed by atoms with Crippen molar-refractivity contribution in [2.75, 3.05) is 4.90 Å². The van der Waals surface area contributed by atoms with Gasteiger partial charge < -0.3 is 14.8 Å². The molecular weight excluding hydrogens is 443 g/mol. The number of nitrogens with zero attached hydrogens (tertiary/aromatic N) is 3. The number of thiocarbonyl (C=S) groups is 1. The minimum Gasteiger partial charge on any atom is -0.351 e. The van der Waals surface area contributed by atoms with Crippen molar-refractivity contribution in [2.24, 2.45) is 0 Å². The van der Waals surface area contributed by atoms with Crippen LogP contribution in [0.1, 0.15) is 45.9 Å². The first-order valence-corrected chi connectivity index (χ1v) is 11.8. The van der Waals surface area contributed by atoms with Crippen LogP contribution in [0.25, 0.3) is 5.69 Å². The summed E-state index contributed by atoms with van der Waals surface area (Å²) in [4.78, 5) is 6.87. The number of rotatable bonds is 4. The molecular formula is C28H27FN4S. The highest BCUT2D eigenvalue weighted by atomic mass is 32.1. The lowest BCUT2D eigenvalue weighted by Crippen LogP contribution is -2.29. The van der Waals surface area contributed by atoms with E-state index in [0.29, 0.717) is 5.11 Å². The molecule has 0 radical (unpaired) electrons. The van der Waals surface area contributed by atoms with Crippen LogP contribution in [-0.2, 0) is 0 Å². The van der Waals surface area contributed by atoms with Gasteiger partial charge in [-0.05, 0) is 111 Å². The maximum atomic E-state index is 13.6. The molecule has 0 saturated carbocycles. The van der Waals surface area contributed by atoms with Crippen LogP contribution in [0, 0.1) is 33.5 Å². The van der Waals surface area contributed by atoms with E-state index >= 15 is 0 Å². The van der Waals surface area contributed by atoms with Crippen molar-refractivity contribution in [3.8, 4) is 5.69 Å². The minimum absolute atomic E-state index is 0.0927.